The zero-order valence-corrected chi connectivity index (χ0v) is 17.9. The van der Waals surface area contributed by atoms with Crippen LogP contribution >= 0.6 is 16.5 Å². The Bertz CT molecular complexity index is 505. The molecule has 0 aliphatic heterocycles. The molecule has 2 unspecified atom stereocenters. The third-order valence-corrected chi connectivity index (χ3v) is 2.57. The molecule has 0 saturated heterocycles. The first kappa shape index (κ1) is 24.4. The van der Waals surface area contributed by atoms with E-state index in [4.69, 9.17) is 0 Å². The summed E-state index contributed by atoms with van der Waals surface area (Å²) in [6.07, 6.45) is 0. The van der Waals surface area contributed by atoms with Crippen molar-refractivity contribution in [3.05, 3.63) is 60.7 Å². The number of hydrogen-bond donors (Lipinski definition) is 0. The second-order valence-electron chi connectivity index (χ2n) is 3.26. The molecule has 0 amide bonds. The maximum Gasteiger partial charge on any atom is 1.00 e. The third-order valence-electron chi connectivity index (χ3n) is 1.85. The van der Waals surface area contributed by atoms with Crippen LogP contribution < -0.4 is 77.9 Å². The molecule has 104 valence electrons. The van der Waals surface area contributed by atoms with E-state index in [2.05, 4.69) is 9.05 Å². The van der Waals surface area contributed by atoms with E-state index in [0.29, 0.717) is 11.5 Å². The Morgan fingerprint density at radius 2 is 0.909 bits per heavy atom. The van der Waals surface area contributed by atoms with Gasteiger partial charge in [0.25, 0.3) is 0 Å². The fourth-order valence-corrected chi connectivity index (χ4v) is 1.72. The van der Waals surface area contributed by atoms with Crippen LogP contribution in [0.3, 0.4) is 0 Å². The van der Waals surface area contributed by atoms with Crippen LogP contribution in [0.5, 0.6) is 11.5 Å². The zero-order valence-electron chi connectivity index (χ0n) is 12.1. The molecule has 0 N–H and O–H groups in total. The molecule has 2 atom stereocenters. The fraction of sp³-hybridized carbons (Fsp3) is 0. The van der Waals surface area contributed by atoms with Crippen molar-refractivity contribution in [2.45, 2.75) is 0 Å². The van der Waals surface area contributed by atoms with E-state index >= 15 is 0 Å². The zero-order chi connectivity index (χ0) is 14.8. The van der Waals surface area contributed by atoms with Crippen LogP contribution in [0.2, 0.25) is 0 Å². The smallest absolute Gasteiger partial charge is 0.558 e. The van der Waals surface area contributed by atoms with Gasteiger partial charge in [0, 0.05) is 0 Å². The van der Waals surface area contributed by atoms with Crippen LogP contribution in [-0.2, 0) is 9.13 Å². The van der Waals surface area contributed by atoms with Crippen LogP contribution in [0.4, 0.5) is 0 Å². The summed E-state index contributed by atoms with van der Waals surface area (Å²) in [6, 6.07) is 16.7. The van der Waals surface area contributed by atoms with Gasteiger partial charge in [0.2, 0.25) is 0 Å². The van der Waals surface area contributed by atoms with Gasteiger partial charge >= 0.3 is 75.6 Å². The molecule has 0 aliphatic carbocycles. The van der Waals surface area contributed by atoms with Crippen LogP contribution in [0, 0.1) is 0 Å². The maximum atomic E-state index is 9.98. The monoisotopic (exact) mass is 358 g/mol. The van der Waals surface area contributed by atoms with Gasteiger partial charge in [-0.05, 0) is 33.4 Å². The molecule has 2 rings (SSSR count). The van der Waals surface area contributed by atoms with E-state index in [1.807, 2.05) is 0 Å². The molecular weight excluding hydrogens is 348 g/mol. The van der Waals surface area contributed by atoms with Crippen LogP contribution in [-0.4, -0.2) is 0 Å². The van der Waals surface area contributed by atoms with E-state index < -0.39 is 16.5 Å². The largest absolute Gasteiger partial charge is 1.00 e. The fourth-order valence-electron chi connectivity index (χ4n) is 1.13. The van der Waals surface area contributed by atoms with Gasteiger partial charge in [0.15, 0.2) is 11.5 Å². The molecule has 10 heteroatoms. The Kier molecular flexibility index (Phi) is 16.3. The van der Waals surface area contributed by atoms with Crippen molar-refractivity contribution in [1.82, 2.24) is 0 Å². The molecule has 0 aromatic heterocycles. The number of rotatable bonds is 4. The summed E-state index contributed by atoms with van der Waals surface area (Å²) in [5.74, 6) is 0.692. The van der Waals surface area contributed by atoms with Crippen molar-refractivity contribution >= 4 is 16.5 Å². The van der Waals surface area contributed by atoms with Crippen molar-refractivity contribution < 1.29 is 87.1 Å². The SMILES string of the molecule is O=[P+]([O-])Oc1ccccc1.O=[P+]([O-])Oc1ccccc1.[Na+].[Na+]. The predicted molar refractivity (Wildman–Crippen MR) is 69.4 cm³/mol. The number of hydrogen-bond acceptors (Lipinski definition) is 6. The molecule has 0 radical (unpaired) electrons. The van der Waals surface area contributed by atoms with Crippen LogP contribution in [0.1, 0.15) is 0 Å². The summed E-state index contributed by atoms with van der Waals surface area (Å²) < 4.78 is 28.7. The minimum absolute atomic E-state index is 0. The summed E-state index contributed by atoms with van der Waals surface area (Å²) in [7, 11) is -5.55. The van der Waals surface area contributed by atoms with Gasteiger partial charge in [-0.15, -0.1) is 0 Å². The van der Waals surface area contributed by atoms with E-state index in [-0.39, 0.29) is 59.1 Å². The second-order valence-corrected chi connectivity index (χ2v) is 4.52. The van der Waals surface area contributed by atoms with E-state index in [0.717, 1.165) is 0 Å². The Labute approximate surface area is 174 Å². The van der Waals surface area contributed by atoms with Crippen molar-refractivity contribution in [3.63, 3.8) is 0 Å². The molecule has 0 fully saturated rings. The summed E-state index contributed by atoms with van der Waals surface area (Å²) in [4.78, 5) is 20.0. The molecule has 2 aromatic rings. The van der Waals surface area contributed by atoms with Crippen LogP contribution in [0.25, 0.3) is 0 Å². The van der Waals surface area contributed by atoms with Gasteiger partial charge in [0.05, 0.1) is 0 Å². The quantitative estimate of drug-likeness (QED) is 0.410. The molecule has 0 saturated carbocycles. The van der Waals surface area contributed by atoms with Gasteiger partial charge in [-0.2, -0.15) is 0 Å². The Balaban J connectivity index is 0. The van der Waals surface area contributed by atoms with E-state index in [1.54, 1.807) is 60.7 Å². The minimum Gasteiger partial charge on any atom is -0.558 e. The molecule has 0 spiro atoms. The molecule has 6 nitrogen and oxygen atoms in total. The maximum absolute atomic E-state index is 9.98. The normalized spacial score (nSPS) is 9.73. The van der Waals surface area contributed by atoms with Gasteiger partial charge in [-0.3, -0.25) is 9.05 Å². The molecule has 0 bridgehead atoms. The summed E-state index contributed by atoms with van der Waals surface area (Å²) in [5.41, 5.74) is 0. The van der Waals surface area contributed by atoms with Crippen molar-refractivity contribution in [3.8, 4) is 11.5 Å². The van der Waals surface area contributed by atoms with E-state index in [1.165, 1.54) is 0 Å². The second kappa shape index (κ2) is 14.7. The standard InChI is InChI=1S/2C6H5O3P.2Na/c2*7-10(8)9-6-4-2-1-3-5-6;;/h2*1-5H;;/q;;2*+1. The first-order valence-corrected chi connectivity index (χ1v) is 7.52. The van der Waals surface area contributed by atoms with Gasteiger partial charge in [-0.1, -0.05) is 36.4 Å². The summed E-state index contributed by atoms with van der Waals surface area (Å²) in [6.45, 7) is 0. The Hall–Kier alpha value is 0.160. The average molecular weight is 358 g/mol. The first-order valence-electron chi connectivity index (χ1n) is 5.33. The van der Waals surface area contributed by atoms with Crippen molar-refractivity contribution in [2.24, 2.45) is 0 Å². The average Bonchev–Trinajstić information content (AvgIpc) is 2.40. The summed E-state index contributed by atoms with van der Waals surface area (Å²) >= 11 is 0. The molecule has 0 heterocycles. The molecule has 22 heavy (non-hydrogen) atoms. The molecule has 0 aliphatic rings. The van der Waals surface area contributed by atoms with Gasteiger partial charge in [0.1, 0.15) is 0 Å². The van der Waals surface area contributed by atoms with Crippen molar-refractivity contribution in [1.29, 1.82) is 0 Å². The number of para-hydroxylation sites is 2. The van der Waals surface area contributed by atoms with Gasteiger partial charge < -0.3 is 9.79 Å². The van der Waals surface area contributed by atoms with Crippen molar-refractivity contribution in [2.75, 3.05) is 0 Å². The topological polar surface area (TPSA) is 98.7 Å². The van der Waals surface area contributed by atoms with E-state index in [9.17, 15) is 18.9 Å². The Morgan fingerprint density at radius 1 is 0.636 bits per heavy atom. The number of benzene rings is 2. The van der Waals surface area contributed by atoms with Crippen LogP contribution in [0.15, 0.2) is 60.7 Å². The Morgan fingerprint density at radius 3 is 1.14 bits per heavy atom. The minimum atomic E-state index is -2.78. The van der Waals surface area contributed by atoms with Gasteiger partial charge in [-0.25, -0.2) is 0 Å². The predicted octanol–water partition coefficient (Wildman–Crippen LogP) is -3.83. The first-order chi connectivity index (χ1) is 9.58. The molecule has 2 aromatic carbocycles. The summed E-state index contributed by atoms with van der Waals surface area (Å²) in [5, 5.41) is 0. The third kappa shape index (κ3) is 12.7. The molecular formula is C12H10Na2O6P2+2.